The highest BCUT2D eigenvalue weighted by Gasteiger charge is 2.32. The lowest BCUT2D eigenvalue weighted by atomic mass is 10.1. The van der Waals surface area contributed by atoms with Gasteiger partial charge in [-0.25, -0.2) is 8.42 Å². The number of quaternary nitrogens is 1. The van der Waals surface area contributed by atoms with E-state index in [0.717, 1.165) is 4.90 Å². The third kappa shape index (κ3) is 4.42. The van der Waals surface area contributed by atoms with E-state index >= 15 is 0 Å². The lowest BCUT2D eigenvalue weighted by Crippen LogP contribution is -3.15. The molecular formula is C18H19Cl2N2O5S+. The number of piperazine rings is 1. The lowest BCUT2D eigenvalue weighted by Gasteiger charge is -2.31. The third-order valence-electron chi connectivity index (χ3n) is 4.65. The first-order chi connectivity index (χ1) is 13.2. The molecule has 0 unspecified atom stereocenters. The predicted octanol–water partition coefficient (Wildman–Crippen LogP) is 1.18. The van der Waals surface area contributed by atoms with E-state index in [2.05, 4.69) is 0 Å². The van der Waals surface area contributed by atoms with Crippen LogP contribution in [0.15, 0.2) is 41.3 Å². The second-order valence-corrected chi connectivity index (χ2v) is 9.28. The Morgan fingerprint density at radius 1 is 1.04 bits per heavy atom. The van der Waals surface area contributed by atoms with Gasteiger partial charge >= 0.3 is 0 Å². The summed E-state index contributed by atoms with van der Waals surface area (Å²) in [5, 5.41) is 19.3. The number of Topliss-reactive ketones (excluding diaryl/α,β-unsaturated/α-hetero) is 1. The van der Waals surface area contributed by atoms with Gasteiger partial charge in [0.25, 0.3) is 0 Å². The first-order valence-corrected chi connectivity index (χ1v) is 10.7. The Balaban J connectivity index is 1.64. The molecule has 0 amide bonds. The van der Waals surface area contributed by atoms with Crippen LogP contribution in [0.3, 0.4) is 0 Å². The molecule has 0 aromatic heterocycles. The summed E-state index contributed by atoms with van der Waals surface area (Å²) in [5.74, 6) is -0.836. The number of nitrogens with one attached hydrogen (secondary N) is 1. The van der Waals surface area contributed by atoms with Gasteiger partial charge in [-0.05, 0) is 36.4 Å². The van der Waals surface area contributed by atoms with Gasteiger partial charge in [0.1, 0.15) is 11.4 Å². The topological polar surface area (TPSA) is 99.4 Å². The first-order valence-electron chi connectivity index (χ1n) is 8.52. The minimum atomic E-state index is -3.77. The third-order valence-corrected chi connectivity index (χ3v) is 7.26. The van der Waals surface area contributed by atoms with E-state index in [1.165, 1.54) is 40.7 Å². The van der Waals surface area contributed by atoms with E-state index in [1.54, 1.807) is 0 Å². The molecule has 1 saturated heterocycles. The van der Waals surface area contributed by atoms with E-state index in [9.17, 15) is 23.4 Å². The summed E-state index contributed by atoms with van der Waals surface area (Å²) in [5.41, 5.74) is 0.295. The molecular weight excluding hydrogens is 427 g/mol. The number of sulfonamides is 1. The molecule has 150 valence electrons. The molecule has 2 aromatic rings. The van der Waals surface area contributed by atoms with Crippen molar-refractivity contribution >= 4 is 39.0 Å². The van der Waals surface area contributed by atoms with E-state index < -0.39 is 10.0 Å². The van der Waals surface area contributed by atoms with Crippen LogP contribution < -0.4 is 4.90 Å². The highest BCUT2D eigenvalue weighted by molar-refractivity contribution is 7.89. The number of carbonyl (C=O) groups excluding carboxylic acids is 1. The van der Waals surface area contributed by atoms with Crippen LogP contribution in [0.2, 0.25) is 10.0 Å². The quantitative estimate of drug-likeness (QED) is 0.473. The highest BCUT2D eigenvalue weighted by Crippen LogP contribution is 2.28. The number of aromatic hydroxyl groups is 2. The SMILES string of the molecule is O=C(C[NH+]1CCN(S(=O)(=O)c2cc(Cl)ccc2Cl)CC1)c1ccc(O)c(O)c1. The summed E-state index contributed by atoms with van der Waals surface area (Å²) < 4.78 is 27.0. The van der Waals surface area contributed by atoms with Gasteiger partial charge in [0.05, 0.1) is 31.2 Å². The molecule has 7 nitrogen and oxygen atoms in total. The number of phenols is 2. The van der Waals surface area contributed by atoms with Crippen LogP contribution >= 0.6 is 23.2 Å². The maximum Gasteiger partial charge on any atom is 0.245 e. The van der Waals surface area contributed by atoms with Crippen molar-refractivity contribution in [2.24, 2.45) is 0 Å². The van der Waals surface area contributed by atoms with Crippen LogP contribution in [0, 0.1) is 0 Å². The number of rotatable bonds is 5. The van der Waals surface area contributed by atoms with E-state index in [4.69, 9.17) is 23.2 Å². The van der Waals surface area contributed by atoms with Gasteiger partial charge in [-0.15, -0.1) is 0 Å². The second kappa shape index (κ2) is 8.26. The Bertz CT molecular complexity index is 1010. The molecule has 2 aromatic carbocycles. The Kier molecular flexibility index (Phi) is 6.16. The summed E-state index contributed by atoms with van der Waals surface area (Å²) in [6.07, 6.45) is 0. The Hall–Kier alpha value is -1.84. The molecule has 0 spiro atoms. The number of halogens is 2. The van der Waals surface area contributed by atoms with Gasteiger partial charge in [-0.2, -0.15) is 4.31 Å². The maximum atomic E-state index is 12.8. The molecule has 0 aliphatic carbocycles. The average Bonchev–Trinajstić information content (AvgIpc) is 2.66. The van der Waals surface area contributed by atoms with Gasteiger partial charge in [0.2, 0.25) is 15.8 Å². The van der Waals surface area contributed by atoms with Crippen LogP contribution in [0.1, 0.15) is 10.4 Å². The number of benzene rings is 2. The van der Waals surface area contributed by atoms with Crippen molar-refractivity contribution in [3.63, 3.8) is 0 Å². The Morgan fingerprint density at radius 2 is 1.71 bits per heavy atom. The molecule has 0 saturated carbocycles. The largest absolute Gasteiger partial charge is 0.504 e. The number of nitrogens with zero attached hydrogens (tertiary/aromatic N) is 1. The molecule has 3 rings (SSSR count). The molecule has 1 fully saturated rings. The van der Waals surface area contributed by atoms with Gasteiger partial charge in [-0.3, -0.25) is 4.79 Å². The number of carbonyl (C=O) groups is 1. The van der Waals surface area contributed by atoms with E-state index in [-0.39, 0.29) is 51.9 Å². The average molecular weight is 446 g/mol. The Labute approximate surface area is 172 Å². The molecule has 1 aliphatic heterocycles. The Morgan fingerprint density at radius 3 is 2.36 bits per heavy atom. The predicted molar refractivity (Wildman–Crippen MR) is 105 cm³/mol. The fourth-order valence-electron chi connectivity index (χ4n) is 3.06. The van der Waals surface area contributed by atoms with E-state index in [1.807, 2.05) is 0 Å². The summed E-state index contributed by atoms with van der Waals surface area (Å²) in [4.78, 5) is 13.3. The zero-order valence-corrected chi connectivity index (χ0v) is 17.1. The molecule has 0 bridgehead atoms. The number of phenolic OH excluding ortho intramolecular Hbond substituents is 2. The van der Waals surface area contributed by atoms with Crippen molar-refractivity contribution in [1.82, 2.24) is 4.31 Å². The second-order valence-electron chi connectivity index (χ2n) is 6.53. The normalized spacial score (nSPS) is 16.2. The van der Waals surface area contributed by atoms with Crippen molar-refractivity contribution in [3.8, 4) is 11.5 Å². The van der Waals surface area contributed by atoms with Gasteiger partial charge in [0.15, 0.2) is 11.5 Å². The van der Waals surface area contributed by atoms with Crippen LogP contribution in [0.25, 0.3) is 0 Å². The zero-order valence-electron chi connectivity index (χ0n) is 14.7. The summed E-state index contributed by atoms with van der Waals surface area (Å²) in [6, 6.07) is 8.23. The van der Waals surface area contributed by atoms with Crippen LogP contribution in [0.4, 0.5) is 0 Å². The van der Waals surface area contributed by atoms with Crippen LogP contribution in [0.5, 0.6) is 11.5 Å². The molecule has 1 heterocycles. The van der Waals surface area contributed by atoms with Gasteiger partial charge in [-0.1, -0.05) is 23.2 Å². The number of hydrogen-bond donors (Lipinski definition) is 3. The van der Waals surface area contributed by atoms with Crippen LogP contribution in [-0.2, 0) is 10.0 Å². The standard InChI is InChI=1S/C18H18Cl2N2O5S/c19-13-2-3-14(20)18(10-13)28(26,27)22-7-5-21(6-8-22)11-17(25)12-1-4-15(23)16(24)9-12/h1-4,9-10,23-24H,5-8,11H2/p+1. The van der Waals surface area contributed by atoms with Crippen molar-refractivity contribution in [1.29, 1.82) is 0 Å². The lowest BCUT2D eigenvalue weighted by molar-refractivity contribution is -0.895. The van der Waals surface area contributed by atoms with Crippen molar-refractivity contribution in [2.75, 3.05) is 32.7 Å². The number of hydrogen-bond acceptors (Lipinski definition) is 5. The fraction of sp³-hybridized carbons (Fsp3) is 0.278. The van der Waals surface area contributed by atoms with Crippen molar-refractivity contribution < 1.29 is 28.3 Å². The maximum absolute atomic E-state index is 12.8. The molecule has 28 heavy (non-hydrogen) atoms. The molecule has 0 radical (unpaired) electrons. The fourth-order valence-corrected chi connectivity index (χ4v) is 5.24. The van der Waals surface area contributed by atoms with Gasteiger partial charge < -0.3 is 15.1 Å². The minimum absolute atomic E-state index is 0.0271. The van der Waals surface area contributed by atoms with E-state index in [0.29, 0.717) is 18.7 Å². The zero-order chi connectivity index (χ0) is 20.5. The van der Waals surface area contributed by atoms with Gasteiger partial charge in [0, 0.05) is 10.6 Å². The van der Waals surface area contributed by atoms with Crippen molar-refractivity contribution in [2.45, 2.75) is 4.90 Å². The summed E-state index contributed by atoms with van der Waals surface area (Å²) in [6.45, 7) is 1.56. The van der Waals surface area contributed by atoms with Crippen LogP contribution in [-0.4, -0.2) is 61.4 Å². The van der Waals surface area contributed by atoms with Crippen molar-refractivity contribution in [3.05, 3.63) is 52.0 Å². The molecule has 10 heteroatoms. The number of ketones is 1. The first kappa shape index (κ1) is 20.9. The molecule has 1 aliphatic rings. The minimum Gasteiger partial charge on any atom is -0.504 e. The monoisotopic (exact) mass is 445 g/mol. The highest BCUT2D eigenvalue weighted by atomic mass is 35.5. The summed E-state index contributed by atoms with van der Waals surface area (Å²) in [7, 11) is -3.77. The molecule has 0 atom stereocenters. The molecule has 3 N–H and O–H groups in total. The summed E-state index contributed by atoms with van der Waals surface area (Å²) >= 11 is 11.9. The smallest absolute Gasteiger partial charge is 0.245 e.